The molecule has 0 aromatic carbocycles. The Labute approximate surface area is 125 Å². The first kappa shape index (κ1) is 11.8. The highest BCUT2D eigenvalue weighted by atomic mass is 16.6. The van der Waals surface area contributed by atoms with E-state index in [-0.39, 0.29) is 83.1 Å². The Morgan fingerprint density at radius 2 is 0.818 bits per heavy atom. The summed E-state index contributed by atoms with van der Waals surface area (Å²) in [6.07, 6.45) is 1.75. The lowest BCUT2D eigenvalue weighted by molar-refractivity contribution is -0.156. The van der Waals surface area contributed by atoms with Gasteiger partial charge in [-0.1, -0.05) is 0 Å². The van der Waals surface area contributed by atoms with E-state index < -0.39 is 0 Å². The van der Waals surface area contributed by atoms with E-state index in [1.807, 2.05) is 0 Å². The number of carbonyl (C=O) groups excluding carboxylic acids is 4. The SMILES string of the molecule is O=C1OC(=O)C2C1C1CC2[C@H]2C1[C@H]1C[C@@H]2C2C(=O)OC(=O)C21. The largest absolute Gasteiger partial charge is 0.393 e. The van der Waals surface area contributed by atoms with Crippen LogP contribution in [-0.4, -0.2) is 23.9 Å². The molecule has 22 heavy (non-hydrogen) atoms. The average molecular weight is 302 g/mol. The van der Waals surface area contributed by atoms with E-state index in [0.717, 1.165) is 12.8 Å². The molecular formula is C16H14O6. The fourth-order valence-corrected chi connectivity index (χ4v) is 7.40. The summed E-state index contributed by atoms with van der Waals surface area (Å²) in [5.74, 6) is -1.51. The molecule has 10 atom stereocenters. The van der Waals surface area contributed by atoms with Crippen LogP contribution in [0, 0.1) is 59.2 Å². The van der Waals surface area contributed by atoms with E-state index in [4.69, 9.17) is 9.47 Å². The monoisotopic (exact) mass is 302 g/mol. The maximum Gasteiger partial charge on any atom is 0.317 e. The quantitative estimate of drug-likeness (QED) is 0.360. The Morgan fingerprint density at radius 3 is 1.09 bits per heavy atom. The topological polar surface area (TPSA) is 86.7 Å². The van der Waals surface area contributed by atoms with E-state index in [2.05, 4.69) is 0 Å². The number of ether oxygens (including phenoxy) is 2. The van der Waals surface area contributed by atoms with Gasteiger partial charge in [0.15, 0.2) is 0 Å². The molecule has 0 aromatic rings. The van der Waals surface area contributed by atoms with Gasteiger partial charge < -0.3 is 9.47 Å². The highest BCUT2D eigenvalue weighted by Gasteiger charge is 2.77. The van der Waals surface area contributed by atoms with Gasteiger partial charge in [-0.15, -0.1) is 0 Å². The summed E-state index contributed by atoms with van der Waals surface area (Å²) in [4.78, 5) is 48.0. The molecule has 6 nitrogen and oxygen atoms in total. The summed E-state index contributed by atoms with van der Waals surface area (Å²) in [7, 11) is 0. The molecule has 6 heteroatoms. The van der Waals surface area contributed by atoms with Crippen molar-refractivity contribution < 1.29 is 28.7 Å². The molecule has 4 bridgehead atoms. The molecule has 2 heterocycles. The van der Waals surface area contributed by atoms with Crippen molar-refractivity contribution in [1.29, 1.82) is 0 Å². The summed E-state index contributed by atoms with van der Waals surface area (Å²) in [5.41, 5.74) is 0. The van der Waals surface area contributed by atoms with Gasteiger partial charge in [-0.3, -0.25) is 19.2 Å². The molecule has 6 fully saturated rings. The van der Waals surface area contributed by atoms with Crippen LogP contribution in [0.4, 0.5) is 0 Å². The standard InChI is InChI=1S/C16H14O6/c17-13-9-3-1-4(10(9)14(18)21-13)8-6-2-5(7(3)8)11-12(6)16(20)22-15(11)19/h3-12H,1-2H2/t3-,4+,5?,6?,7-,8?,9?,10?,11?,12?/m0/s1. The van der Waals surface area contributed by atoms with E-state index in [0.29, 0.717) is 0 Å². The van der Waals surface area contributed by atoms with Gasteiger partial charge in [0.25, 0.3) is 0 Å². The van der Waals surface area contributed by atoms with Crippen LogP contribution in [0.25, 0.3) is 0 Å². The molecule has 0 radical (unpaired) electrons. The molecular weight excluding hydrogens is 288 g/mol. The van der Waals surface area contributed by atoms with Crippen LogP contribution < -0.4 is 0 Å². The van der Waals surface area contributed by atoms with Crippen LogP contribution >= 0.6 is 0 Å². The van der Waals surface area contributed by atoms with Crippen LogP contribution in [0.3, 0.4) is 0 Å². The number of fused-ring (bicyclic) bond motifs is 15. The molecule has 2 saturated heterocycles. The number of cyclic esters (lactones) is 4. The van der Waals surface area contributed by atoms with Crippen molar-refractivity contribution in [2.75, 3.05) is 0 Å². The first-order valence-corrected chi connectivity index (χ1v) is 8.09. The van der Waals surface area contributed by atoms with Gasteiger partial charge in [0, 0.05) is 0 Å². The van der Waals surface area contributed by atoms with Crippen molar-refractivity contribution in [3.05, 3.63) is 0 Å². The smallest absolute Gasteiger partial charge is 0.317 e. The van der Waals surface area contributed by atoms with E-state index >= 15 is 0 Å². The molecule has 4 aliphatic carbocycles. The number of rotatable bonds is 0. The number of esters is 4. The normalized spacial score (nSPS) is 59.6. The van der Waals surface area contributed by atoms with Crippen LogP contribution in [0.1, 0.15) is 12.8 Å². The van der Waals surface area contributed by atoms with Gasteiger partial charge in [0.05, 0.1) is 23.7 Å². The molecule has 2 aliphatic heterocycles. The molecule has 0 spiro atoms. The lowest BCUT2D eigenvalue weighted by atomic mass is 9.59. The Bertz CT molecular complexity index is 572. The highest BCUT2D eigenvalue weighted by molar-refractivity contribution is 5.99. The first-order valence-electron chi connectivity index (χ1n) is 8.09. The molecule has 0 amide bonds. The fraction of sp³-hybridized carbons (Fsp3) is 0.750. The molecule has 114 valence electrons. The third-order valence-electron chi connectivity index (χ3n) is 7.62. The zero-order valence-electron chi connectivity index (χ0n) is 11.6. The minimum Gasteiger partial charge on any atom is -0.393 e. The maximum absolute atomic E-state index is 12.0. The van der Waals surface area contributed by atoms with Crippen molar-refractivity contribution >= 4 is 23.9 Å². The minimum atomic E-state index is -0.370. The summed E-state index contributed by atoms with van der Waals surface area (Å²) >= 11 is 0. The third-order valence-corrected chi connectivity index (χ3v) is 7.62. The van der Waals surface area contributed by atoms with Crippen LogP contribution in [0.15, 0.2) is 0 Å². The lowest BCUT2D eigenvalue weighted by Crippen LogP contribution is -2.45. The van der Waals surface area contributed by atoms with Gasteiger partial charge in [0.1, 0.15) is 0 Å². The molecule has 0 aromatic heterocycles. The predicted octanol–water partition coefficient (Wildman–Crippen LogP) is 0.150. The zero-order chi connectivity index (χ0) is 14.9. The second-order valence-electron chi connectivity index (χ2n) is 7.86. The first-order chi connectivity index (χ1) is 10.6. The highest BCUT2D eigenvalue weighted by Crippen LogP contribution is 2.74. The second-order valence-corrected chi connectivity index (χ2v) is 7.86. The van der Waals surface area contributed by atoms with Crippen molar-refractivity contribution in [2.24, 2.45) is 59.2 Å². The van der Waals surface area contributed by atoms with Crippen LogP contribution in [0.5, 0.6) is 0 Å². The van der Waals surface area contributed by atoms with Gasteiger partial charge in [-0.25, -0.2) is 0 Å². The second kappa shape index (κ2) is 3.29. The van der Waals surface area contributed by atoms with Gasteiger partial charge in [-0.05, 0) is 48.3 Å². The van der Waals surface area contributed by atoms with Crippen molar-refractivity contribution in [1.82, 2.24) is 0 Å². The third kappa shape index (κ3) is 0.989. The Kier molecular flexibility index (Phi) is 1.76. The van der Waals surface area contributed by atoms with Crippen LogP contribution in [0.2, 0.25) is 0 Å². The van der Waals surface area contributed by atoms with Gasteiger partial charge >= 0.3 is 23.9 Å². The molecule has 7 unspecified atom stereocenters. The van der Waals surface area contributed by atoms with Crippen molar-refractivity contribution in [2.45, 2.75) is 12.8 Å². The Morgan fingerprint density at radius 1 is 0.545 bits per heavy atom. The van der Waals surface area contributed by atoms with Crippen LogP contribution in [-0.2, 0) is 28.7 Å². The number of hydrogen-bond donors (Lipinski definition) is 0. The van der Waals surface area contributed by atoms with Gasteiger partial charge in [-0.2, -0.15) is 0 Å². The fourth-order valence-electron chi connectivity index (χ4n) is 7.40. The van der Waals surface area contributed by atoms with E-state index in [1.165, 1.54) is 0 Å². The molecule has 4 saturated carbocycles. The summed E-state index contributed by atoms with van der Waals surface area (Å²) in [6.45, 7) is 0. The minimum absolute atomic E-state index is 0.151. The zero-order valence-corrected chi connectivity index (χ0v) is 11.6. The summed E-state index contributed by atoms with van der Waals surface area (Å²) in [6, 6.07) is 0. The summed E-state index contributed by atoms with van der Waals surface area (Å²) < 4.78 is 9.73. The maximum atomic E-state index is 12.0. The van der Waals surface area contributed by atoms with E-state index in [1.54, 1.807) is 0 Å². The molecule has 6 rings (SSSR count). The Hall–Kier alpha value is -1.72. The number of carbonyl (C=O) groups is 4. The number of hydrogen-bond acceptors (Lipinski definition) is 6. The average Bonchev–Trinajstić information content (AvgIpc) is 3.21. The van der Waals surface area contributed by atoms with Crippen molar-refractivity contribution in [3.8, 4) is 0 Å². The summed E-state index contributed by atoms with van der Waals surface area (Å²) in [5, 5.41) is 0. The molecule has 0 N–H and O–H groups in total. The van der Waals surface area contributed by atoms with Crippen molar-refractivity contribution in [3.63, 3.8) is 0 Å². The van der Waals surface area contributed by atoms with Gasteiger partial charge in [0.2, 0.25) is 0 Å². The lowest BCUT2D eigenvalue weighted by Gasteiger charge is -2.40. The van der Waals surface area contributed by atoms with E-state index in [9.17, 15) is 19.2 Å². The Balaban J connectivity index is 1.46. The predicted molar refractivity (Wildman–Crippen MR) is 66.3 cm³/mol. The molecule has 6 aliphatic rings.